The lowest BCUT2D eigenvalue weighted by atomic mass is 10.2. The molecular weight excluding hydrogens is 245 g/mol. The van der Waals surface area contributed by atoms with Crippen molar-refractivity contribution in [3.8, 4) is 5.75 Å². The number of rotatable bonds is 5. The minimum atomic E-state index is -0.306. The fourth-order valence-electron chi connectivity index (χ4n) is 1.49. The van der Waals surface area contributed by atoms with Crippen LogP contribution in [0.3, 0.4) is 0 Å². The highest BCUT2D eigenvalue weighted by Gasteiger charge is 1.99. The van der Waals surface area contributed by atoms with Crippen LogP contribution in [0.4, 0.5) is 4.39 Å². The summed E-state index contributed by atoms with van der Waals surface area (Å²) in [5.74, 6) is 0.411. The molecule has 2 aromatic carbocycles. The quantitative estimate of drug-likeness (QED) is 0.608. The van der Waals surface area contributed by atoms with Gasteiger partial charge in [-0.05, 0) is 18.2 Å². The average Bonchev–Trinajstić information content (AvgIpc) is 2.45. The summed E-state index contributed by atoms with van der Waals surface area (Å²) in [5, 5.41) is 3.68. The SMILES string of the molecule is COc1cccc(/[C]=N\OCc2ccccc2F)c1. The van der Waals surface area contributed by atoms with Crippen LogP contribution in [0.5, 0.6) is 5.75 Å². The summed E-state index contributed by atoms with van der Waals surface area (Å²) in [6.07, 6.45) is 2.71. The smallest absolute Gasteiger partial charge is 0.145 e. The molecule has 0 aromatic heterocycles. The maximum atomic E-state index is 13.3. The lowest BCUT2D eigenvalue weighted by Crippen LogP contribution is -1.92. The molecule has 0 saturated carbocycles. The molecule has 3 nitrogen and oxygen atoms in total. The zero-order chi connectivity index (χ0) is 13.5. The first-order chi connectivity index (χ1) is 9.29. The number of methoxy groups -OCH3 is 1. The number of hydrogen-bond donors (Lipinski definition) is 0. The summed E-state index contributed by atoms with van der Waals surface area (Å²) < 4.78 is 18.4. The maximum absolute atomic E-state index is 13.3. The Balaban J connectivity index is 1.91. The van der Waals surface area contributed by atoms with Crippen molar-refractivity contribution in [1.82, 2.24) is 0 Å². The van der Waals surface area contributed by atoms with Crippen LogP contribution in [0.25, 0.3) is 0 Å². The molecule has 0 saturated heterocycles. The van der Waals surface area contributed by atoms with E-state index in [0.717, 1.165) is 5.56 Å². The molecule has 2 rings (SSSR count). The Bertz CT molecular complexity index is 570. The molecule has 0 heterocycles. The summed E-state index contributed by atoms with van der Waals surface area (Å²) in [7, 11) is 1.59. The van der Waals surface area contributed by atoms with E-state index in [4.69, 9.17) is 9.57 Å². The van der Waals surface area contributed by atoms with Crippen LogP contribution in [0, 0.1) is 5.82 Å². The Morgan fingerprint density at radius 2 is 2.00 bits per heavy atom. The number of halogens is 1. The van der Waals surface area contributed by atoms with E-state index in [1.54, 1.807) is 31.4 Å². The van der Waals surface area contributed by atoms with E-state index < -0.39 is 0 Å². The molecule has 97 valence electrons. The van der Waals surface area contributed by atoms with Gasteiger partial charge in [-0.2, -0.15) is 0 Å². The zero-order valence-corrected chi connectivity index (χ0v) is 10.5. The minimum absolute atomic E-state index is 0.0731. The topological polar surface area (TPSA) is 30.8 Å². The molecule has 0 fully saturated rings. The first-order valence-corrected chi connectivity index (χ1v) is 5.75. The predicted octanol–water partition coefficient (Wildman–Crippen LogP) is 3.26. The van der Waals surface area contributed by atoms with E-state index in [9.17, 15) is 4.39 Å². The van der Waals surface area contributed by atoms with Crippen LogP contribution >= 0.6 is 0 Å². The van der Waals surface area contributed by atoms with Gasteiger partial charge in [0.2, 0.25) is 0 Å². The Morgan fingerprint density at radius 3 is 2.79 bits per heavy atom. The maximum Gasteiger partial charge on any atom is 0.145 e. The van der Waals surface area contributed by atoms with Gasteiger partial charge in [0.15, 0.2) is 0 Å². The minimum Gasteiger partial charge on any atom is -0.497 e. The Kier molecular flexibility index (Phi) is 4.50. The van der Waals surface area contributed by atoms with Crippen molar-refractivity contribution in [2.45, 2.75) is 6.61 Å². The average molecular weight is 258 g/mol. The van der Waals surface area contributed by atoms with Crippen LogP contribution < -0.4 is 4.74 Å². The number of hydrogen-bond acceptors (Lipinski definition) is 3. The second-order valence-electron chi connectivity index (χ2n) is 3.80. The second-order valence-corrected chi connectivity index (χ2v) is 3.80. The zero-order valence-electron chi connectivity index (χ0n) is 10.5. The summed E-state index contributed by atoms with van der Waals surface area (Å²) in [4.78, 5) is 5.01. The molecule has 0 amide bonds. The molecule has 0 atom stereocenters. The van der Waals surface area contributed by atoms with Gasteiger partial charge < -0.3 is 9.57 Å². The van der Waals surface area contributed by atoms with Crippen LogP contribution in [-0.2, 0) is 11.4 Å². The van der Waals surface area contributed by atoms with Crippen molar-refractivity contribution in [2.24, 2.45) is 5.16 Å². The molecule has 2 aromatic rings. The van der Waals surface area contributed by atoms with Gasteiger partial charge in [-0.3, -0.25) is 0 Å². The molecule has 0 bridgehead atoms. The molecule has 4 heteroatoms. The van der Waals surface area contributed by atoms with Crippen LogP contribution in [0.1, 0.15) is 11.1 Å². The molecule has 0 aliphatic carbocycles. The third-order valence-corrected chi connectivity index (χ3v) is 2.49. The van der Waals surface area contributed by atoms with Gasteiger partial charge in [0, 0.05) is 11.1 Å². The number of nitrogens with zero attached hydrogens (tertiary/aromatic N) is 1. The van der Waals surface area contributed by atoms with Crippen molar-refractivity contribution in [3.05, 3.63) is 65.5 Å². The predicted molar refractivity (Wildman–Crippen MR) is 70.7 cm³/mol. The van der Waals surface area contributed by atoms with Crippen molar-refractivity contribution in [2.75, 3.05) is 7.11 Å². The van der Waals surface area contributed by atoms with Gasteiger partial charge in [-0.15, -0.1) is 0 Å². The Morgan fingerprint density at radius 1 is 1.16 bits per heavy atom. The fraction of sp³-hybridized carbons (Fsp3) is 0.133. The van der Waals surface area contributed by atoms with Gasteiger partial charge in [-0.1, -0.05) is 35.5 Å². The van der Waals surface area contributed by atoms with E-state index >= 15 is 0 Å². The molecule has 0 N–H and O–H groups in total. The van der Waals surface area contributed by atoms with Crippen molar-refractivity contribution < 1.29 is 14.0 Å². The van der Waals surface area contributed by atoms with Gasteiger partial charge in [0.05, 0.1) is 7.11 Å². The summed E-state index contributed by atoms with van der Waals surface area (Å²) in [5.41, 5.74) is 1.19. The highest BCUT2D eigenvalue weighted by atomic mass is 19.1. The molecule has 0 aliphatic heterocycles. The monoisotopic (exact) mass is 258 g/mol. The highest BCUT2D eigenvalue weighted by molar-refractivity contribution is 5.79. The third kappa shape index (κ3) is 3.81. The van der Waals surface area contributed by atoms with E-state index in [2.05, 4.69) is 11.4 Å². The van der Waals surface area contributed by atoms with Gasteiger partial charge in [-0.25, -0.2) is 4.39 Å². The van der Waals surface area contributed by atoms with Crippen molar-refractivity contribution in [1.29, 1.82) is 0 Å². The second kappa shape index (κ2) is 6.54. The van der Waals surface area contributed by atoms with Crippen LogP contribution in [-0.4, -0.2) is 13.3 Å². The molecule has 19 heavy (non-hydrogen) atoms. The number of ether oxygens (including phenoxy) is 1. The Labute approximate surface area is 111 Å². The normalized spacial score (nSPS) is 10.6. The fourth-order valence-corrected chi connectivity index (χ4v) is 1.49. The standard InChI is InChI=1S/C15H13FNO2/c1-18-14-7-4-5-12(9-14)10-17-19-11-13-6-2-3-8-15(13)16/h2-9H,11H2,1H3. The summed E-state index contributed by atoms with van der Waals surface area (Å²) in [6.45, 7) is 0.0731. The van der Waals surface area contributed by atoms with Crippen LogP contribution in [0.15, 0.2) is 53.7 Å². The van der Waals surface area contributed by atoms with Gasteiger partial charge >= 0.3 is 0 Å². The Hall–Kier alpha value is -2.36. The lowest BCUT2D eigenvalue weighted by molar-refractivity contribution is 0.129. The third-order valence-electron chi connectivity index (χ3n) is 2.49. The highest BCUT2D eigenvalue weighted by Crippen LogP contribution is 2.11. The molecule has 1 radical (unpaired) electrons. The first kappa shape index (κ1) is 13.1. The van der Waals surface area contributed by atoms with E-state index in [0.29, 0.717) is 11.3 Å². The molecule has 0 spiro atoms. The molecule has 0 unspecified atom stereocenters. The van der Waals surface area contributed by atoms with Crippen molar-refractivity contribution >= 4 is 6.21 Å². The number of benzene rings is 2. The summed E-state index contributed by atoms with van der Waals surface area (Å²) >= 11 is 0. The largest absolute Gasteiger partial charge is 0.497 e. The summed E-state index contributed by atoms with van der Waals surface area (Å²) in [6, 6.07) is 13.7. The van der Waals surface area contributed by atoms with E-state index in [1.807, 2.05) is 18.2 Å². The van der Waals surface area contributed by atoms with Crippen LogP contribution in [0.2, 0.25) is 0 Å². The van der Waals surface area contributed by atoms with Crippen molar-refractivity contribution in [3.63, 3.8) is 0 Å². The van der Waals surface area contributed by atoms with Gasteiger partial charge in [0.1, 0.15) is 24.4 Å². The first-order valence-electron chi connectivity index (χ1n) is 5.75. The molecule has 0 aliphatic rings. The lowest BCUT2D eigenvalue weighted by Gasteiger charge is -2.01. The van der Waals surface area contributed by atoms with Gasteiger partial charge in [0.25, 0.3) is 0 Å². The van der Waals surface area contributed by atoms with E-state index in [1.165, 1.54) is 6.07 Å². The molecular formula is C15H13FNO2. The van der Waals surface area contributed by atoms with E-state index in [-0.39, 0.29) is 12.4 Å².